The number of rotatable bonds is 6. The van der Waals surface area contributed by atoms with E-state index >= 15 is 0 Å². The molecule has 1 aromatic heterocycles. The standard InChI is InChI=1S/C50H33NO/c1-2-13-37(14-3-1)44-17-8-9-19-47(44)51(42-27-25-36(26-28-42)40-23-21-34-11-4-6-15-38(34)31-40)43-29-30-48-46(33-43)50-45(18-10-20-49(50)52-48)41-24-22-35-12-5-7-16-39(35)32-41/h1-33H. The third-order valence-electron chi connectivity index (χ3n) is 10.2. The Morgan fingerprint density at radius 1 is 0.327 bits per heavy atom. The molecule has 0 atom stereocenters. The molecular weight excluding hydrogens is 631 g/mol. The van der Waals surface area contributed by atoms with Gasteiger partial charge in [0.25, 0.3) is 0 Å². The summed E-state index contributed by atoms with van der Waals surface area (Å²) in [6.45, 7) is 0. The molecule has 0 aliphatic carbocycles. The van der Waals surface area contributed by atoms with E-state index in [0.29, 0.717) is 0 Å². The van der Waals surface area contributed by atoms with Crippen LogP contribution in [0.25, 0.3) is 76.9 Å². The van der Waals surface area contributed by atoms with E-state index in [-0.39, 0.29) is 0 Å². The summed E-state index contributed by atoms with van der Waals surface area (Å²) in [6.07, 6.45) is 0. The maximum absolute atomic E-state index is 6.52. The lowest BCUT2D eigenvalue weighted by molar-refractivity contribution is 0.669. The van der Waals surface area contributed by atoms with Gasteiger partial charge in [-0.1, -0.05) is 146 Å². The van der Waals surface area contributed by atoms with Gasteiger partial charge in [0.15, 0.2) is 0 Å². The second-order valence-electron chi connectivity index (χ2n) is 13.4. The van der Waals surface area contributed by atoms with Crippen molar-refractivity contribution in [3.05, 3.63) is 200 Å². The Morgan fingerprint density at radius 2 is 0.923 bits per heavy atom. The lowest BCUT2D eigenvalue weighted by Crippen LogP contribution is -2.11. The normalized spacial score (nSPS) is 11.5. The van der Waals surface area contributed by atoms with Gasteiger partial charge in [-0.2, -0.15) is 0 Å². The van der Waals surface area contributed by atoms with Crippen molar-refractivity contribution in [3.63, 3.8) is 0 Å². The number of para-hydroxylation sites is 1. The highest BCUT2D eigenvalue weighted by Crippen LogP contribution is 2.44. The molecule has 9 aromatic carbocycles. The minimum absolute atomic E-state index is 0.870. The Bertz CT molecular complexity index is 2900. The van der Waals surface area contributed by atoms with E-state index in [1.54, 1.807) is 0 Å². The van der Waals surface area contributed by atoms with E-state index in [4.69, 9.17) is 4.42 Å². The van der Waals surface area contributed by atoms with Gasteiger partial charge in [0.1, 0.15) is 11.2 Å². The molecule has 0 aliphatic heterocycles. The summed E-state index contributed by atoms with van der Waals surface area (Å²) in [5, 5.41) is 7.16. The first-order valence-electron chi connectivity index (χ1n) is 17.8. The predicted molar refractivity (Wildman–Crippen MR) is 220 cm³/mol. The highest BCUT2D eigenvalue weighted by molar-refractivity contribution is 6.14. The van der Waals surface area contributed by atoms with Crippen molar-refractivity contribution in [1.82, 2.24) is 0 Å². The Labute approximate surface area is 302 Å². The molecule has 0 saturated heterocycles. The minimum atomic E-state index is 0.870. The summed E-state index contributed by atoms with van der Waals surface area (Å²) in [5.74, 6) is 0. The minimum Gasteiger partial charge on any atom is -0.456 e. The second-order valence-corrected chi connectivity index (χ2v) is 13.4. The van der Waals surface area contributed by atoms with Crippen molar-refractivity contribution in [2.45, 2.75) is 0 Å². The monoisotopic (exact) mass is 663 g/mol. The lowest BCUT2D eigenvalue weighted by atomic mass is 9.96. The maximum Gasteiger partial charge on any atom is 0.136 e. The van der Waals surface area contributed by atoms with Gasteiger partial charge in [0, 0.05) is 27.7 Å². The summed E-state index contributed by atoms with van der Waals surface area (Å²) in [6, 6.07) is 71.7. The second kappa shape index (κ2) is 12.5. The highest BCUT2D eigenvalue weighted by Gasteiger charge is 2.20. The van der Waals surface area contributed by atoms with E-state index in [1.165, 1.54) is 43.8 Å². The molecule has 0 radical (unpaired) electrons. The zero-order valence-corrected chi connectivity index (χ0v) is 28.4. The van der Waals surface area contributed by atoms with E-state index in [1.807, 2.05) is 0 Å². The molecule has 0 fully saturated rings. The van der Waals surface area contributed by atoms with Crippen LogP contribution in [0.15, 0.2) is 205 Å². The van der Waals surface area contributed by atoms with Crippen LogP contribution in [0, 0.1) is 0 Å². The fourth-order valence-electron chi connectivity index (χ4n) is 7.68. The average molecular weight is 664 g/mol. The Morgan fingerprint density at radius 3 is 1.69 bits per heavy atom. The molecule has 0 amide bonds. The van der Waals surface area contributed by atoms with Crippen LogP contribution in [-0.4, -0.2) is 0 Å². The first-order valence-corrected chi connectivity index (χ1v) is 17.8. The first-order chi connectivity index (χ1) is 25.8. The molecule has 0 N–H and O–H groups in total. The Hall–Kier alpha value is -6.90. The summed E-state index contributed by atoms with van der Waals surface area (Å²) < 4.78 is 6.52. The Kier molecular flexibility index (Phi) is 7.18. The van der Waals surface area contributed by atoms with Crippen LogP contribution in [0.5, 0.6) is 0 Å². The number of anilines is 3. The van der Waals surface area contributed by atoms with Crippen LogP contribution in [0.3, 0.4) is 0 Å². The average Bonchev–Trinajstić information content (AvgIpc) is 3.60. The van der Waals surface area contributed by atoms with Gasteiger partial charge in [-0.3, -0.25) is 0 Å². The van der Waals surface area contributed by atoms with Crippen LogP contribution in [0.2, 0.25) is 0 Å². The van der Waals surface area contributed by atoms with Crippen molar-refractivity contribution in [1.29, 1.82) is 0 Å². The number of fused-ring (bicyclic) bond motifs is 5. The molecule has 244 valence electrons. The van der Waals surface area contributed by atoms with E-state index in [9.17, 15) is 0 Å². The van der Waals surface area contributed by atoms with Crippen LogP contribution in [0.4, 0.5) is 17.1 Å². The number of hydrogen-bond donors (Lipinski definition) is 0. The van der Waals surface area contributed by atoms with Gasteiger partial charge in [0.05, 0.1) is 5.69 Å². The molecular formula is C50H33NO. The van der Waals surface area contributed by atoms with Crippen molar-refractivity contribution < 1.29 is 4.42 Å². The molecule has 0 aliphatic rings. The van der Waals surface area contributed by atoms with Gasteiger partial charge in [-0.25, -0.2) is 0 Å². The van der Waals surface area contributed by atoms with Crippen molar-refractivity contribution in [2.75, 3.05) is 4.90 Å². The van der Waals surface area contributed by atoms with Crippen LogP contribution < -0.4 is 4.90 Å². The van der Waals surface area contributed by atoms with Crippen molar-refractivity contribution >= 4 is 60.5 Å². The van der Waals surface area contributed by atoms with Crippen LogP contribution in [-0.2, 0) is 0 Å². The number of hydrogen-bond acceptors (Lipinski definition) is 2. The maximum atomic E-state index is 6.52. The van der Waals surface area contributed by atoms with Gasteiger partial charge in [-0.15, -0.1) is 0 Å². The number of furan rings is 1. The quantitative estimate of drug-likeness (QED) is 0.176. The molecule has 0 bridgehead atoms. The predicted octanol–water partition coefficient (Wildman–Crippen LogP) is 14.4. The summed E-state index contributed by atoms with van der Waals surface area (Å²) in [7, 11) is 0. The summed E-state index contributed by atoms with van der Waals surface area (Å²) >= 11 is 0. The largest absolute Gasteiger partial charge is 0.456 e. The number of benzene rings is 9. The first kappa shape index (κ1) is 30.0. The van der Waals surface area contributed by atoms with Crippen LogP contribution in [0.1, 0.15) is 0 Å². The van der Waals surface area contributed by atoms with E-state index in [0.717, 1.165) is 50.1 Å². The summed E-state index contributed by atoms with van der Waals surface area (Å²) in [4.78, 5) is 2.38. The molecule has 0 saturated carbocycles. The fourth-order valence-corrected chi connectivity index (χ4v) is 7.68. The van der Waals surface area contributed by atoms with Gasteiger partial charge in [-0.05, 0) is 104 Å². The molecule has 52 heavy (non-hydrogen) atoms. The highest BCUT2D eigenvalue weighted by atomic mass is 16.3. The van der Waals surface area contributed by atoms with Gasteiger partial charge < -0.3 is 9.32 Å². The van der Waals surface area contributed by atoms with Crippen molar-refractivity contribution in [2.24, 2.45) is 0 Å². The van der Waals surface area contributed by atoms with Gasteiger partial charge in [0.2, 0.25) is 0 Å². The molecule has 0 spiro atoms. The molecule has 0 unspecified atom stereocenters. The van der Waals surface area contributed by atoms with Crippen molar-refractivity contribution in [3.8, 4) is 33.4 Å². The smallest absolute Gasteiger partial charge is 0.136 e. The summed E-state index contributed by atoms with van der Waals surface area (Å²) in [5.41, 5.74) is 12.1. The number of nitrogens with zero attached hydrogens (tertiary/aromatic N) is 1. The van der Waals surface area contributed by atoms with Gasteiger partial charge >= 0.3 is 0 Å². The third kappa shape index (κ3) is 5.21. The zero-order valence-electron chi connectivity index (χ0n) is 28.4. The molecule has 2 nitrogen and oxygen atoms in total. The molecule has 10 rings (SSSR count). The Balaban J connectivity index is 1.15. The van der Waals surface area contributed by atoms with Crippen LogP contribution >= 0.6 is 0 Å². The molecule has 10 aromatic rings. The molecule has 1 heterocycles. The SMILES string of the molecule is c1ccc(-c2ccccc2N(c2ccc(-c3ccc4ccccc4c3)cc2)c2ccc3oc4cccc(-c5ccc6ccccc6c5)c4c3c2)cc1. The van der Waals surface area contributed by atoms with E-state index < -0.39 is 0 Å². The fraction of sp³-hybridized carbons (Fsp3) is 0. The molecule has 2 heteroatoms. The topological polar surface area (TPSA) is 16.4 Å². The van der Waals surface area contributed by atoms with E-state index in [2.05, 4.69) is 205 Å². The zero-order chi connectivity index (χ0) is 34.4. The lowest BCUT2D eigenvalue weighted by Gasteiger charge is -2.28. The third-order valence-corrected chi connectivity index (χ3v) is 10.2.